The van der Waals surface area contributed by atoms with E-state index in [0.29, 0.717) is 12.2 Å². The highest BCUT2D eigenvalue weighted by molar-refractivity contribution is 6.24. The number of imide groups is 1. The van der Waals surface area contributed by atoms with Gasteiger partial charge in [0.2, 0.25) is 0 Å². The van der Waals surface area contributed by atoms with Crippen LogP contribution in [0, 0.1) is 0 Å². The van der Waals surface area contributed by atoms with Crippen LogP contribution in [0.15, 0.2) is 97.1 Å². The van der Waals surface area contributed by atoms with Crippen molar-refractivity contribution in [3.63, 3.8) is 0 Å². The number of nitrogens with zero attached hydrogens (tertiary/aromatic N) is 2. The van der Waals surface area contributed by atoms with Gasteiger partial charge in [0.1, 0.15) is 23.6 Å². The minimum Gasteiger partial charge on any atom is -0.497 e. The normalized spacial score (nSPS) is 17.4. The number of anilines is 1. The summed E-state index contributed by atoms with van der Waals surface area (Å²) in [5.74, 6) is 0.618. The van der Waals surface area contributed by atoms with E-state index in [0.717, 1.165) is 43.9 Å². The first-order chi connectivity index (χ1) is 21.5. The van der Waals surface area contributed by atoms with Gasteiger partial charge in [0.25, 0.3) is 11.8 Å². The van der Waals surface area contributed by atoms with Crippen LogP contribution in [-0.4, -0.2) is 48.0 Å². The zero-order valence-corrected chi connectivity index (χ0v) is 24.2. The second-order valence-electron chi connectivity index (χ2n) is 10.9. The average molecular weight is 587 g/mol. The van der Waals surface area contributed by atoms with Gasteiger partial charge in [-0.05, 0) is 59.2 Å². The van der Waals surface area contributed by atoms with E-state index < -0.39 is 18.1 Å². The fraction of sp³-hybridized carbons (Fsp3) is 0.171. The van der Waals surface area contributed by atoms with Gasteiger partial charge >= 0.3 is 6.03 Å². The molecule has 4 amide bonds. The van der Waals surface area contributed by atoms with Crippen molar-refractivity contribution in [2.45, 2.75) is 25.0 Å². The second kappa shape index (κ2) is 10.9. The maximum absolute atomic E-state index is 14.4. The molecule has 220 valence electrons. The number of hydrogen-bond acceptors (Lipinski definition) is 5. The SMILES string of the molecule is COc1ccc(CNC(=O)c2ccccc2N2C(=O)[C@@H]3Cc4c([nH]c5ccccc45)[C@H](c4cccc(OC)c4)N3C2=O)cc1. The number of benzene rings is 4. The van der Waals surface area contributed by atoms with Crippen LogP contribution in [-0.2, 0) is 17.8 Å². The maximum atomic E-state index is 14.4. The summed E-state index contributed by atoms with van der Waals surface area (Å²) >= 11 is 0. The van der Waals surface area contributed by atoms with Crippen LogP contribution in [0.2, 0.25) is 0 Å². The molecule has 2 N–H and O–H groups in total. The largest absolute Gasteiger partial charge is 0.497 e. The molecule has 2 aliphatic rings. The molecular weight excluding hydrogens is 556 g/mol. The lowest BCUT2D eigenvalue weighted by molar-refractivity contribution is -0.120. The molecule has 1 fully saturated rings. The number of hydrogen-bond donors (Lipinski definition) is 2. The number of carbonyl (C=O) groups excluding carboxylic acids is 3. The highest BCUT2D eigenvalue weighted by Crippen LogP contribution is 2.45. The summed E-state index contributed by atoms with van der Waals surface area (Å²) in [6.07, 6.45) is 0.354. The molecular formula is C35H30N4O5. The first-order valence-corrected chi connectivity index (χ1v) is 14.4. The van der Waals surface area contributed by atoms with Crippen molar-refractivity contribution in [2.24, 2.45) is 0 Å². The van der Waals surface area contributed by atoms with Gasteiger partial charge in [-0.25, -0.2) is 9.69 Å². The zero-order valence-electron chi connectivity index (χ0n) is 24.2. The molecule has 1 aromatic heterocycles. The molecule has 2 aliphatic heterocycles. The second-order valence-corrected chi connectivity index (χ2v) is 10.9. The van der Waals surface area contributed by atoms with E-state index in [-0.39, 0.29) is 29.6 Å². The van der Waals surface area contributed by atoms with Crippen LogP contribution in [0.5, 0.6) is 11.5 Å². The number of amides is 4. The quantitative estimate of drug-likeness (QED) is 0.242. The van der Waals surface area contributed by atoms with Gasteiger partial charge in [0, 0.05) is 29.6 Å². The number of methoxy groups -OCH3 is 2. The summed E-state index contributed by atoms with van der Waals surface area (Å²) in [7, 11) is 3.19. The highest BCUT2D eigenvalue weighted by atomic mass is 16.5. The molecule has 7 rings (SSSR count). The highest BCUT2D eigenvalue weighted by Gasteiger charge is 2.53. The summed E-state index contributed by atoms with van der Waals surface area (Å²) in [6, 6.07) is 27.8. The Morgan fingerprint density at radius 1 is 0.886 bits per heavy atom. The van der Waals surface area contributed by atoms with Gasteiger partial charge < -0.3 is 19.8 Å². The average Bonchev–Trinajstić information content (AvgIpc) is 3.56. The first kappa shape index (κ1) is 27.3. The number of para-hydroxylation sites is 2. The van der Waals surface area contributed by atoms with Gasteiger partial charge in [0.15, 0.2) is 0 Å². The number of aromatic nitrogens is 1. The Labute approximate surface area is 254 Å². The summed E-state index contributed by atoms with van der Waals surface area (Å²) in [5.41, 5.74) is 5.01. The van der Waals surface area contributed by atoms with E-state index >= 15 is 0 Å². The smallest absolute Gasteiger partial charge is 0.332 e. The topological polar surface area (TPSA) is 104 Å². The van der Waals surface area contributed by atoms with Crippen molar-refractivity contribution >= 4 is 34.4 Å². The van der Waals surface area contributed by atoms with Gasteiger partial charge in [-0.2, -0.15) is 0 Å². The number of H-pyrrole nitrogens is 1. The lowest BCUT2D eigenvalue weighted by Crippen LogP contribution is -2.44. The number of rotatable bonds is 7. The van der Waals surface area contributed by atoms with E-state index in [1.165, 1.54) is 0 Å². The van der Waals surface area contributed by atoms with E-state index in [2.05, 4.69) is 10.3 Å². The molecule has 9 nitrogen and oxygen atoms in total. The maximum Gasteiger partial charge on any atom is 0.332 e. The molecule has 3 heterocycles. The van der Waals surface area contributed by atoms with Crippen molar-refractivity contribution in [1.82, 2.24) is 15.2 Å². The number of nitrogens with one attached hydrogen (secondary N) is 2. The minimum atomic E-state index is -0.749. The Kier molecular flexibility index (Phi) is 6.77. The van der Waals surface area contributed by atoms with E-state index in [1.54, 1.807) is 43.4 Å². The Morgan fingerprint density at radius 3 is 2.43 bits per heavy atom. The van der Waals surface area contributed by atoms with Crippen molar-refractivity contribution in [3.05, 3.63) is 125 Å². The molecule has 0 spiro atoms. The lowest BCUT2D eigenvalue weighted by atomic mass is 9.89. The van der Waals surface area contributed by atoms with Crippen LogP contribution < -0.4 is 19.7 Å². The van der Waals surface area contributed by atoms with Crippen molar-refractivity contribution in [3.8, 4) is 11.5 Å². The van der Waals surface area contributed by atoms with Gasteiger partial charge in [-0.3, -0.25) is 14.5 Å². The third kappa shape index (κ3) is 4.44. The molecule has 1 saturated heterocycles. The van der Waals surface area contributed by atoms with Gasteiger partial charge in [-0.1, -0.05) is 54.6 Å². The van der Waals surface area contributed by atoms with Crippen LogP contribution in [0.1, 0.15) is 38.8 Å². The third-order valence-corrected chi connectivity index (χ3v) is 8.46. The number of aromatic amines is 1. The fourth-order valence-corrected chi connectivity index (χ4v) is 6.34. The van der Waals surface area contributed by atoms with Crippen LogP contribution in [0.4, 0.5) is 10.5 Å². The summed E-state index contributed by atoms with van der Waals surface area (Å²) in [6.45, 7) is 0.271. The summed E-state index contributed by atoms with van der Waals surface area (Å²) < 4.78 is 10.7. The molecule has 4 aromatic carbocycles. The standard InChI is InChI=1S/C35H30N4O5/c1-43-23-16-14-21(15-17-23)20-36-33(40)26-11-4-6-13-29(26)39-34(41)30-19-27-25-10-3-5-12-28(25)37-31(27)32(38(30)35(39)42)22-8-7-9-24(18-22)44-2/h3-18,30,32,37H,19-20H2,1-2H3,(H,36,40)/t30-,32-/m0/s1. The molecule has 0 aliphatic carbocycles. The van der Waals surface area contributed by atoms with Crippen LogP contribution in [0.3, 0.4) is 0 Å². The first-order valence-electron chi connectivity index (χ1n) is 14.4. The van der Waals surface area contributed by atoms with Crippen LogP contribution in [0.25, 0.3) is 10.9 Å². The van der Waals surface area contributed by atoms with Crippen molar-refractivity contribution in [2.75, 3.05) is 19.1 Å². The Hall–Kier alpha value is -5.57. The Balaban J connectivity index is 1.26. The number of fused-ring (bicyclic) bond motifs is 4. The molecule has 0 bridgehead atoms. The van der Waals surface area contributed by atoms with Crippen molar-refractivity contribution < 1.29 is 23.9 Å². The lowest BCUT2D eigenvalue weighted by Gasteiger charge is -2.36. The third-order valence-electron chi connectivity index (χ3n) is 8.46. The van der Waals surface area contributed by atoms with Gasteiger partial charge in [-0.15, -0.1) is 0 Å². The summed E-state index contributed by atoms with van der Waals surface area (Å²) in [5, 5.41) is 3.95. The predicted molar refractivity (Wildman–Crippen MR) is 166 cm³/mol. The van der Waals surface area contributed by atoms with Gasteiger partial charge in [0.05, 0.1) is 25.5 Å². The number of ether oxygens (including phenoxy) is 2. The molecule has 0 saturated carbocycles. The monoisotopic (exact) mass is 586 g/mol. The van der Waals surface area contributed by atoms with E-state index in [4.69, 9.17) is 9.47 Å². The molecule has 9 heteroatoms. The number of carbonyl (C=O) groups is 3. The van der Waals surface area contributed by atoms with E-state index in [1.807, 2.05) is 72.8 Å². The fourth-order valence-electron chi connectivity index (χ4n) is 6.34. The Morgan fingerprint density at radius 2 is 1.64 bits per heavy atom. The minimum absolute atomic E-state index is 0.240. The Bertz CT molecular complexity index is 1910. The molecule has 0 radical (unpaired) electrons. The van der Waals surface area contributed by atoms with Crippen molar-refractivity contribution in [1.29, 1.82) is 0 Å². The number of urea groups is 1. The zero-order chi connectivity index (χ0) is 30.4. The predicted octanol–water partition coefficient (Wildman–Crippen LogP) is 5.60. The molecule has 44 heavy (non-hydrogen) atoms. The molecule has 5 aromatic rings. The molecule has 2 atom stereocenters. The summed E-state index contributed by atoms with van der Waals surface area (Å²) in [4.78, 5) is 48.4. The van der Waals surface area contributed by atoms with Crippen LogP contribution >= 0.6 is 0 Å². The molecule has 0 unspecified atom stereocenters. The van der Waals surface area contributed by atoms with E-state index in [9.17, 15) is 14.4 Å².